The predicted octanol–water partition coefficient (Wildman–Crippen LogP) is 2.12. The summed E-state index contributed by atoms with van der Waals surface area (Å²) in [5.41, 5.74) is 0. The van der Waals surface area contributed by atoms with Gasteiger partial charge in [0.2, 0.25) is 0 Å². The van der Waals surface area contributed by atoms with Crippen LogP contribution < -0.4 is 0 Å². The van der Waals surface area contributed by atoms with E-state index >= 15 is 0 Å². The van der Waals surface area contributed by atoms with E-state index in [1.807, 2.05) is 27.7 Å². The Hall–Kier alpha value is 0.110. The normalized spacial score (nSPS) is 27.8. The van der Waals surface area contributed by atoms with Crippen LogP contribution in [-0.4, -0.2) is 40.2 Å². The molecule has 0 aliphatic carbocycles. The number of hydrogen-bond acceptors (Lipinski definition) is 2. The van der Waals surface area contributed by atoms with Gasteiger partial charge in [-0.25, -0.2) is 0 Å². The second-order valence-corrected chi connectivity index (χ2v) is 4.26. The average molecular weight is 207 g/mol. The van der Waals surface area contributed by atoms with Crippen molar-refractivity contribution in [2.45, 2.75) is 40.7 Å². The molecule has 0 aromatic heterocycles. The molecule has 0 amide bonds. The lowest BCUT2D eigenvalue weighted by molar-refractivity contribution is 0.284. The third-order valence-corrected chi connectivity index (χ3v) is 3.34. The fraction of sp³-hybridized carbons (Fsp3) is 1.00. The van der Waals surface area contributed by atoms with Gasteiger partial charge in [0.1, 0.15) is 0 Å². The van der Waals surface area contributed by atoms with Gasteiger partial charge in [-0.1, -0.05) is 27.7 Å². The molecule has 1 saturated heterocycles. The van der Waals surface area contributed by atoms with E-state index in [9.17, 15) is 4.21 Å². The van der Waals surface area contributed by atoms with Crippen molar-refractivity contribution in [2.75, 3.05) is 25.1 Å². The van der Waals surface area contributed by atoms with E-state index in [-0.39, 0.29) is 0 Å². The molecule has 2 nitrogen and oxygen atoms in total. The summed E-state index contributed by atoms with van der Waals surface area (Å²) in [4.78, 5) is 2.25. The van der Waals surface area contributed by atoms with E-state index in [2.05, 4.69) is 18.9 Å². The molecule has 1 heterocycles. The van der Waals surface area contributed by atoms with Gasteiger partial charge in [0.25, 0.3) is 0 Å². The fourth-order valence-corrected chi connectivity index (χ4v) is 2.40. The molecule has 1 fully saturated rings. The van der Waals surface area contributed by atoms with Gasteiger partial charge in [0.05, 0.1) is 0 Å². The van der Waals surface area contributed by atoms with Crippen LogP contribution in [0.1, 0.15) is 34.6 Å². The minimum absolute atomic E-state index is 0.514. The Morgan fingerprint density at radius 1 is 1.23 bits per heavy atom. The molecule has 82 valence electrons. The Bertz CT molecular complexity index is 128. The molecule has 0 spiro atoms. The van der Waals surface area contributed by atoms with E-state index in [1.165, 1.54) is 0 Å². The predicted molar refractivity (Wildman–Crippen MR) is 62.7 cm³/mol. The highest BCUT2D eigenvalue weighted by Gasteiger charge is 2.18. The van der Waals surface area contributed by atoms with Crippen molar-refractivity contribution in [3.8, 4) is 0 Å². The van der Waals surface area contributed by atoms with Crippen LogP contribution in [0.3, 0.4) is 0 Å². The van der Waals surface area contributed by atoms with Gasteiger partial charge in [-0.15, -0.1) is 0 Å². The summed E-state index contributed by atoms with van der Waals surface area (Å²) in [6.07, 6.45) is 0. The van der Waals surface area contributed by atoms with Crippen LogP contribution >= 0.6 is 0 Å². The summed E-state index contributed by atoms with van der Waals surface area (Å²) < 4.78 is 10.9. The zero-order valence-electron chi connectivity index (χ0n) is 9.96. The quantitative estimate of drug-likeness (QED) is 0.606. The van der Waals surface area contributed by atoms with Gasteiger partial charge in [-0.05, 0) is 14.0 Å². The summed E-state index contributed by atoms with van der Waals surface area (Å²) in [6, 6.07) is 0.514. The van der Waals surface area contributed by atoms with Gasteiger partial charge < -0.3 is 4.90 Å². The van der Waals surface area contributed by atoms with Crippen molar-refractivity contribution < 1.29 is 4.21 Å². The zero-order chi connectivity index (χ0) is 10.9. The number of hydrogen-bond donors (Lipinski definition) is 0. The smallest absolute Gasteiger partial charge is 0.0388 e. The van der Waals surface area contributed by atoms with Crippen molar-refractivity contribution in [1.29, 1.82) is 0 Å². The highest BCUT2D eigenvalue weighted by atomic mass is 32.2. The monoisotopic (exact) mass is 207 g/mol. The van der Waals surface area contributed by atoms with Crippen molar-refractivity contribution in [3.63, 3.8) is 0 Å². The molecule has 2 unspecified atom stereocenters. The molecule has 1 rings (SSSR count). The molecule has 0 aromatic carbocycles. The second kappa shape index (κ2) is 10.2. The number of rotatable bonds is 0. The third kappa shape index (κ3) is 7.20. The summed E-state index contributed by atoms with van der Waals surface area (Å²) >= 11 is 0. The maximum Gasteiger partial charge on any atom is 0.0388 e. The molecule has 0 radical (unpaired) electrons. The van der Waals surface area contributed by atoms with E-state index in [0.29, 0.717) is 6.04 Å². The Balaban J connectivity index is 0. The van der Waals surface area contributed by atoms with Crippen LogP contribution in [0.4, 0.5) is 0 Å². The Morgan fingerprint density at radius 2 is 1.69 bits per heavy atom. The van der Waals surface area contributed by atoms with Crippen LogP contribution in [0.5, 0.6) is 0 Å². The molecule has 0 saturated carbocycles. The zero-order valence-corrected chi connectivity index (χ0v) is 10.8. The molecular weight excluding hydrogens is 182 g/mol. The van der Waals surface area contributed by atoms with E-state index in [4.69, 9.17) is 0 Å². The lowest BCUT2D eigenvalue weighted by atomic mass is 10.3. The van der Waals surface area contributed by atoms with Gasteiger partial charge in [0, 0.05) is 34.9 Å². The van der Waals surface area contributed by atoms with Crippen LogP contribution in [0.2, 0.25) is 0 Å². The van der Waals surface area contributed by atoms with Crippen LogP contribution in [0, 0.1) is 0 Å². The highest BCUT2D eigenvalue weighted by molar-refractivity contribution is 7.85. The second-order valence-electron chi connectivity index (χ2n) is 2.64. The van der Waals surface area contributed by atoms with E-state index in [1.54, 1.807) is 0 Å². The Morgan fingerprint density at radius 3 is 2.00 bits per heavy atom. The topological polar surface area (TPSA) is 20.3 Å². The lowest BCUT2D eigenvalue weighted by Crippen LogP contribution is -2.41. The maximum atomic E-state index is 10.9. The van der Waals surface area contributed by atoms with Crippen LogP contribution in [-0.2, 0) is 10.8 Å². The first-order valence-electron chi connectivity index (χ1n) is 5.25. The minimum atomic E-state index is -0.533. The molecule has 0 N–H and O–H groups in total. The molecule has 0 aromatic rings. The van der Waals surface area contributed by atoms with Crippen molar-refractivity contribution in [3.05, 3.63) is 0 Å². The third-order valence-electron chi connectivity index (χ3n) is 1.85. The summed E-state index contributed by atoms with van der Waals surface area (Å²) in [6.45, 7) is 11.1. The lowest BCUT2D eigenvalue weighted by Gasteiger charge is -2.28. The standard InChI is InChI=1S/C6H13NOS.2C2H6/c1-6-5-9(8)4-3-7(6)2;2*1-2/h6H,3-5H2,1-2H3;2*1-2H3. The van der Waals surface area contributed by atoms with Crippen LogP contribution in [0.25, 0.3) is 0 Å². The molecule has 1 aliphatic rings. The van der Waals surface area contributed by atoms with Crippen molar-refractivity contribution >= 4 is 10.8 Å². The van der Waals surface area contributed by atoms with E-state index < -0.39 is 10.8 Å². The minimum Gasteiger partial charge on any atom is -0.302 e. The maximum absolute atomic E-state index is 10.9. The summed E-state index contributed by atoms with van der Waals surface area (Å²) in [5.74, 6) is 1.72. The molecule has 1 aliphatic heterocycles. The largest absolute Gasteiger partial charge is 0.302 e. The SMILES string of the molecule is CC.CC.CC1CS(=O)CCN1C. The van der Waals surface area contributed by atoms with Gasteiger partial charge in [-0.3, -0.25) is 4.21 Å². The van der Waals surface area contributed by atoms with Gasteiger partial charge in [-0.2, -0.15) is 0 Å². The summed E-state index contributed by atoms with van der Waals surface area (Å²) in [5, 5.41) is 0. The van der Waals surface area contributed by atoms with Crippen molar-refractivity contribution in [1.82, 2.24) is 4.90 Å². The Kier molecular flexibility index (Phi) is 12.2. The molecule has 3 heteroatoms. The molecule has 2 atom stereocenters. The first-order valence-corrected chi connectivity index (χ1v) is 6.74. The van der Waals surface area contributed by atoms with Crippen LogP contribution in [0.15, 0.2) is 0 Å². The molecular formula is C10H25NOS. The highest BCUT2D eigenvalue weighted by Crippen LogP contribution is 2.04. The van der Waals surface area contributed by atoms with Crippen molar-refractivity contribution in [2.24, 2.45) is 0 Å². The number of nitrogens with zero attached hydrogens (tertiary/aromatic N) is 1. The summed E-state index contributed by atoms with van der Waals surface area (Å²) in [7, 11) is 1.55. The average Bonchev–Trinajstić information content (AvgIpc) is 2.18. The van der Waals surface area contributed by atoms with Gasteiger partial charge >= 0.3 is 0 Å². The van der Waals surface area contributed by atoms with E-state index in [0.717, 1.165) is 18.1 Å². The van der Waals surface area contributed by atoms with Gasteiger partial charge in [0.15, 0.2) is 0 Å². The molecule has 0 bridgehead atoms. The first kappa shape index (κ1) is 15.6. The molecule has 13 heavy (non-hydrogen) atoms. The fourth-order valence-electron chi connectivity index (χ4n) is 0.946. The Labute approximate surface area is 86.2 Å². The first-order chi connectivity index (χ1) is 6.20.